The Morgan fingerprint density at radius 2 is 1.09 bits per heavy atom. The van der Waals surface area contributed by atoms with Crippen molar-refractivity contribution in [1.29, 1.82) is 0 Å². The Morgan fingerprint density at radius 1 is 0.627 bits per heavy atom. The lowest BCUT2D eigenvalue weighted by Crippen LogP contribution is -2.33. The Labute approximate surface area is 441 Å². The van der Waals surface area contributed by atoms with E-state index in [9.17, 15) is 5.11 Å². The number of aliphatic hydroxyl groups is 1. The summed E-state index contributed by atoms with van der Waals surface area (Å²) in [4.78, 5) is 38.5. The van der Waals surface area contributed by atoms with Crippen LogP contribution in [-0.4, -0.2) is 161 Å². The predicted molar refractivity (Wildman–Crippen MR) is 282 cm³/mol. The Bertz CT molecular complexity index is 3370. The Hall–Kier alpha value is -6.66. The van der Waals surface area contributed by atoms with E-state index in [0.29, 0.717) is 44.5 Å². The normalized spacial score (nSPS) is 24.4. The summed E-state index contributed by atoms with van der Waals surface area (Å²) in [6.45, 7) is 7.67. The molecule has 2 aromatic carbocycles. The van der Waals surface area contributed by atoms with Gasteiger partial charge >= 0.3 is 0 Å². The van der Waals surface area contributed by atoms with Gasteiger partial charge in [-0.1, -0.05) is 23.2 Å². The monoisotopic (exact) mass is 1060 g/mol. The molecule has 0 amide bonds. The predicted octanol–water partition coefficient (Wildman–Crippen LogP) is 8.01. The third kappa shape index (κ3) is 11.2. The largest absolute Gasteiger partial charge is 0.508 e. The average molecular weight is 1060 g/mol. The highest BCUT2D eigenvalue weighted by Crippen LogP contribution is 2.46. The van der Waals surface area contributed by atoms with Gasteiger partial charge in [0.25, 0.3) is 0 Å². The summed E-state index contributed by atoms with van der Waals surface area (Å²) in [6.07, 6.45) is 7.13. The number of hydrogen-bond donors (Lipinski definition) is 2. The highest BCUT2D eigenvalue weighted by molar-refractivity contribution is 6.30. The number of ether oxygens (including phenoxy) is 7. The zero-order valence-corrected chi connectivity index (χ0v) is 43.8. The first-order valence-electron chi connectivity index (χ1n) is 24.0. The summed E-state index contributed by atoms with van der Waals surface area (Å²) in [7, 11) is 7.61. The lowest BCUT2D eigenvalue weighted by molar-refractivity contribution is -0.199. The molecule has 4 fully saturated rings. The molecule has 2 N–H and O–H groups in total. The molecule has 21 nitrogen and oxygen atoms in total. The summed E-state index contributed by atoms with van der Waals surface area (Å²) in [5, 5.41) is 23.3. The molecule has 6 aromatic heterocycles. The maximum absolute atomic E-state index is 9.66. The van der Waals surface area contributed by atoms with E-state index >= 15 is 0 Å². The van der Waals surface area contributed by atoms with E-state index in [1.165, 1.54) is 12.7 Å². The van der Waals surface area contributed by atoms with Gasteiger partial charge in [-0.2, -0.15) is 0 Å². The van der Waals surface area contributed by atoms with E-state index in [2.05, 4.69) is 39.9 Å². The van der Waals surface area contributed by atoms with Crippen molar-refractivity contribution in [3.05, 3.63) is 108 Å². The van der Waals surface area contributed by atoms with Gasteiger partial charge in [0.05, 0.1) is 41.1 Å². The van der Waals surface area contributed by atoms with Crippen LogP contribution in [0.1, 0.15) is 40.2 Å². The number of aromatic hydroxyl groups is 1. The third-order valence-electron chi connectivity index (χ3n) is 12.5. The van der Waals surface area contributed by atoms with Gasteiger partial charge in [0.1, 0.15) is 89.0 Å². The Kier molecular flexibility index (Phi) is 14.6. The van der Waals surface area contributed by atoms with E-state index in [1.807, 2.05) is 130 Å². The first-order valence-corrected chi connectivity index (χ1v) is 24.8. The van der Waals surface area contributed by atoms with E-state index in [-0.39, 0.29) is 49.5 Å². The van der Waals surface area contributed by atoms with Crippen molar-refractivity contribution in [2.24, 2.45) is 9.98 Å². The number of halogens is 2. The molecule has 0 saturated carbocycles. The molecular formula is C52H56Cl2N12O9. The second-order valence-electron chi connectivity index (χ2n) is 19.5. The van der Waals surface area contributed by atoms with Gasteiger partial charge in [-0.05, 0) is 88.4 Å². The minimum absolute atomic E-state index is 0.135. The van der Waals surface area contributed by atoms with E-state index in [4.69, 9.17) is 61.5 Å². The highest BCUT2D eigenvalue weighted by Gasteiger charge is 2.57. The summed E-state index contributed by atoms with van der Waals surface area (Å²) in [6, 6.07) is 21.9. The minimum atomic E-state index is -0.752. The maximum atomic E-state index is 9.66. The van der Waals surface area contributed by atoms with Gasteiger partial charge in [0.2, 0.25) is 0 Å². The van der Waals surface area contributed by atoms with Gasteiger partial charge in [-0.15, -0.1) is 0 Å². The molecule has 4 aliphatic heterocycles. The lowest BCUT2D eigenvalue weighted by Gasteiger charge is -2.25. The van der Waals surface area contributed by atoms with Gasteiger partial charge in [0.15, 0.2) is 35.7 Å². The van der Waals surface area contributed by atoms with Crippen molar-refractivity contribution < 1.29 is 43.4 Å². The van der Waals surface area contributed by atoms with Crippen LogP contribution in [0, 0.1) is 0 Å². The van der Waals surface area contributed by atoms with Crippen LogP contribution < -0.4 is 4.74 Å². The molecule has 0 bridgehead atoms. The number of rotatable bonds is 10. The van der Waals surface area contributed by atoms with E-state index in [0.717, 1.165) is 27.1 Å². The van der Waals surface area contributed by atoms with Crippen molar-refractivity contribution in [3.63, 3.8) is 0 Å². The summed E-state index contributed by atoms with van der Waals surface area (Å²) < 4.78 is 47.0. The zero-order valence-electron chi connectivity index (χ0n) is 42.3. The number of aliphatic hydroxyl groups excluding tert-OH is 1. The minimum Gasteiger partial charge on any atom is -0.508 e. The number of fused-ring (bicyclic) bond motifs is 6. The lowest BCUT2D eigenvalue weighted by atomic mass is 10.1. The topological polar surface area (TPSA) is 223 Å². The average Bonchev–Trinajstić information content (AvgIpc) is 4.24. The molecule has 0 unspecified atom stereocenters. The number of aliphatic imine (C=N–C) groups is 2. The van der Waals surface area contributed by atoms with E-state index in [1.54, 1.807) is 43.0 Å². The number of benzene rings is 2. The Balaban J connectivity index is 0.000000145. The first-order chi connectivity index (χ1) is 35.9. The molecule has 0 radical (unpaired) electrons. The van der Waals surface area contributed by atoms with Crippen LogP contribution in [-0.2, 0) is 28.4 Å². The van der Waals surface area contributed by atoms with Crippen LogP contribution in [0.2, 0.25) is 10.3 Å². The fraction of sp³-hybridized carbons (Fsp3) is 0.385. The molecule has 8 aromatic rings. The highest BCUT2D eigenvalue weighted by atomic mass is 35.5. The fourth-order valence-electron chi connectivity index (χ4n) is 9.34. The molecule has 0 aliphatic carbocycles. The number of phenols is 1. The molecule has 4 aliphatic rings. The van der Waals surface area contributed by atoms with Crippen LogP contribution in [0.3, 0.4) is 0 Å². The van der Waals surface area contributed by atoms with Gasteiger partial charge < -0.3 is 62.3 Å². The smallest absolute Gasteiger partial charge is 0.166 e. The van der Waals surface area contributed by atoms with Crippen molar-refractivity contribution >= 4 is 91.4 Å². The molecule has 10 heterocycles. The van der Waals surface area contributed by atoms with Crippen molar-refractivity contribution in [2.75, 3.05) is 41.4 Å². The van der Waals surface area contributed by atoms with Gasteiger partial charge in [0, 0.05) is 63.5 Å². The second kappa shape index (κ2) is 21.2. The first kappa shape index (κ1) is 51.8. The van der Waals surface area contributed by atoms with Crippen molar-refractivity contribution in [2.45, 2.75) is 88.3 Å². The van der Waals surface area contributed by atoms with Crippen LogP contribution >= 0.6 is 23.2 Å². The summed E-state index contributed by atoms with van der Waals surface area (Å²) in [5.41, 5.74) is 2.88. The number of pyridine rings is 2. The van der Waals surface area contributed by atoms with Crippen LogP contribution in [0.15, 0.2) is 108 Å². The van der Waals surface area contributed by atoms with Crippen molar-refractivity contribution in [3.8, 4) is 11.5 Å². The molecule has 12 rings (SSSR count). The molecule has 23 heteroatoms. The van der Waals surface area contributed by atoms with Gasteiger partial charge in [-0.25, -0.2) is 39.9 Å². The fourth-order valence-corrected chi connectivity index (χ4v) is 9.65. The second-order valence-corrected chi connectivity index (χ2v) is 20.3. The quantitative estimate of drug-likeness (QED) is 0.0752. The Morgan fingerprint density at radius 3 is 1.61 bits per heavy atom. The van der Waals surface area contributed by atoms with E-state index < -0.39 is 30.1 Å². The molecule has 4 saturated heterocycles. The molecular weight excluding hydrogens is 1010 g/mol. The molecule has 0 spiro atoms. The number of hydrogen-bond acceptors (Lipinski definition) is 17. The van der Waals surface area contributed by atoms with Crippen LogP contribution in [0.4, 0.5) is 11.6 Å². The molecule has 8 atom stereocenters. The zero-order chi connectivity index (χ0) is 52.8. The van der Waals surface area contributed by atoms with Crippen LogP contribution in [0.25, 0.3) is 43.9 Å². The molecule has 75 heavy (non-hydrogen) atoms. The van der Waals surface area contributed by atoms with Gasteiger partial charge in [-0.3, -0.25) is 0 Å². The third-order valence-corrected chi connectivity index (χ3v) is 12.9. The summed E-state index contributed by atoms with van der Waals surface area (Å²) in [5.74, 6) is 0.576. The van der Waals surface area contributed by atoms with Crippen LogP contribution in [0.5, 0.6) is 11.5 Å². The maximum Gasteiger partial charge on any atom is 0.166 e. The number of nitrogens with zero attached hydrogens (tertiary/aromatic N) is 12. The number of phenolic OH excluding ortho intramolecular Hbond substituents is 1. The number of aromatic nitrogens is 8. The SMILES string of the molecule is CN(C)C=Nc1ncnc2c1ccn2[C@@H]1O[C@H](CO)[C@H]2OC(C)(C)O[C@H]21.CN(C)C=Nc1ncnc2c1ccn2[C@@H]1O[C@H](COc2ccc3ccc(Cl)nc3c2)[C@H]2OC(C)(C)O[C@H]21.Oc1ccc2ccc(Cl)nc2c1. The standard InChI is InChI=1S/C26H27ClN6O4.C17H23N5O4.C9H6ClNO/c1-26(2)36-21-19(12-34-16-7-5-15-6-8-20(27)31-18(15)11-16)35-25(22(21)37-26)33-10-9-17-23(30-14-32(3)4)28-13-29-24(17)33;1-17(2)25-12-11(7-23)24-16(13(12)26-17)22-6-5-10-14(20-9-21(3)4)18-8-19-15(10)22;10-9-4-2-6-1-3-7(12)5-8(6)11-9/h5-11,13-14,19,21-22,25H,12H2,1-4H3;5-6,8-9,11-13,16,23H,7H2,1-4H3;1-5,12H/t19-,21-,22-,25-;11-,12-,13-,16-;/m11./s1. The van der Waals surface area contributed by atoms with Crippen molar-refractivity contribution in [1.82, 2.24) is 48.8 Å². The summed E-state index contributed by atoms with van der Waals surface area (Å²) >= 11 is 11.7. The molecule has 392 valence electrons.